The van der Waals surface area contributed by atoms with Gasteiger partial charge in [0.05, 0.1) is 48.5 Å². The predicted octanol–water partition coefficient (Wildman–Crippen LogP) is 5.12. The smallest absolute Gasteiger partial charge is 0.255 e. The molecule has 0 bridgehead atoms. The molecule has 3 aromatic rings. The van der Waals surface area contributed by atoms with Gasteiger partial charge < -0.3 is 18.9 Å². The number of carbonyl (C=O) groups excluding carboxylic acids is 1. The van der Waals surface area contributed by atoms with Gasteiger partial charge in [-0.05, 0) is 41.8 Å². The lowest BCUT2D eigenvalue weighted by atomic mass is 10.2. The van der Waals surface area contributed by atoms with Crippen LogP contribution < -0.4 is 4.74 Å². The maximum atomic E-state index is 13.5. The molecule has 0 aliphatic heterocycles. The predicted molar refractivity (Wildman–Crippen MR) is 144 cm³/mol. The molecule has 0 spiro atoms. The van der Waals surface area contributed by atoms with Gasteiger partial charge in [-0.15, -0.1) is 0 Å². The topological polar surface area (TPSA) is 90.7 Å². The number of rotatable bonds is 12. The Hall–Kier alpha value is -2.59. The Morgan fingerprint density at radius 2 is 1.89 bits per heavy atom. The lowest BCUT2D eigenvalue weighted by Crippen LogP contribution is -2.34. The van der Waals surface area contributed by atoms with Gasteiger partial charge in [0.25, 0.3) is 5.91 Å². The van der Waals surface area contributed by atoms with Crippen LogP contribution >= 0.6 is 23.2 Å². The fourth-order valence-corrected chi connectivity index (χ4v) is 5.83. The molecule has 11 heteroatoms. The van der Waals surface area contributed by atoms with E-state index in [2.05, 4.69) is 4.98 Å². The van der Waals surface area contributed by atoms with Crippen LogP contribution in [0, 0.1) is 5.92 Å². The van der Waals surface area contributed by atoms with Gasteiger partial charge in [-0.1, -0.05) is 49.2 Å². The third-order valence-electron chi connectivity index (χ3n) is 5.59. The van der Waals surface area contributed by atoms with E-state index in [-0.39, 0.29) is 47.5 Å². The first-order valence-corrected chi connectivity index (χ1v) is 14.1. The first-order chi connectivity index (χ1) is 17.6. The van der Waals surface area contributed by atoms with Crippen molar-refractivity contribution >= 4 is 38.9 Å². The average molecular weight is 569 g/mol. The number of methoxy groups -OCH3 is 2. The van der Waals surface area contributed by atoms with E-state index in [4.69, 9.17) is 32.7 Å². The van der Waals surface area contributed by atoms with Crippen LogP contribution in [0.3, 0.4) is 0 Å². The Bertz CT molecular complexity index is 1340. The van der Waals surface area contributed by atoms with E-state index in [1.165, 1.54) is 19.4 Å². The molecule has 0 radical (unpaired) electrons. The van der Waals surface area contributed by atoms with Gasteiger partial charge in [-0.2, -0.15) is 0 Å². The van der Waals surface area contributed by atoms with Crippen molar-refractivity contribution < 1.29 is 22.7 Å². The Morgan fingerprint density at radius 3 is 2.54 bits per heavy atom. The van der Waals surface area contributed by atoms with Crippen molar-refractivity contribution in [1.82, 2.24) is 14.5 Å². The van der Waals surface area contributed by atoms with E-state index in [0.717, 1.165) is 0 Å². The summed E-state index contributed by atoms with van der Waals surface area (Å²) in [6, 6.07) is 11.6. The molecule has 37 heavy (non-hydrogen) atoms. The summed E-state index contributed by atoms with van der Waals surface area (Å²) < 4.78 is 39.0. The number of aromatic nitrogens is 2. The van der Waals surface area contributed by atoms with Crippen molar-refractivity contribution in [3.05, 3.63) is 75.5 Å². The van der Waals surface area contributed by atoms with Crippen LogP contribution in [0.5, 0.6) is 5.75 Å². The summed E-state index contributed by atoms with van der Waals surface area (Å²) in [7, 11) is -0.721. The second-order valence-corrected chi connectivity index (χ2v) is 11.7. The molecular weight excluding hydrogens is 537 g/mol. The minimum Gasteiger partial charge on any atom is -0.497 e. The summed E-state index contributed by atoms with van der Waals surface area (Å²) in [6.45, 7) is 5.07. The standard InChI is InChI=1S/C26H31Cl2N3O5S/c1-18(2)15-31-21(14-29-26(31)37(33,34)17-19-6-5-7-22(12-19)36-4)16-30(10-11-35-3)25(32)23-9-8-20(27)13-24(23)28/h5-9,12-14,18H,10-11,15-17H2,1-4H3. The second-order valence-electron chi connectivity index (χ2n) is 8.99. The van der Waals surface area contributed by atoms with Gasteiger partial charge in [-0.3, -0.25) is 4.79 Å². The number of hydrogen-bond acceptors (Lipinski definition) is 6. The second kappa shape index (κ2) is 12.8. The first kappa shape index (κ1) is 29.0. The highest BCUT2D eigenvalue weighted by Gasteiger charge is 2.27. The summed E-state index contributed by atoms with van der Waals surface area (Å²) in [5.74, 6) is 0.155. The van der Waals surface area contributed by atoms with Crippen LogP contribution in [0.2, 0.25) is 10.0 Å². The van der Waals surface area contributed by atoms with Crippen LogP contribution in [-0.2, 0) is 33.4 Å². The summed E-state index contributed by atoms with van der Waals surface area (Å²) in [6.07, 6.45) is 1.51. The van der Waals surface area contributed by atoms with Crippen molar-refractivity contribution in [3.63, 3.8) is 0 Å². The van der Waals surface area contributed by atoms with E-state index >= 15 is 0 Å². The van der Waals surface area contributed by atoms with Gasteiger partial charge in [0.1, 0.15) is 5.75 Å². The van der Waals surface area contributed by atoms with Gasteiger partial charge in [0.15, 0.2) is 0 Å². The van der Waals surface area contributed by atoms with Gasteiger partial charge in [-0.25, -0.2) is 13.4 Å². The molecular formula is C26H31Cl2N3O5S. The molecule has 3 rings (SSSR count). The molecule has 1 aromatic heterocycles. The van der Waals surface area contributed by atoms with Crippen molar-refractivity contribution in [1.29, 1.82) is 0 Å². The van der Waals surface area contributed by atoms with E-state index in [0.29, 0.717) is 34.1 Å². The number of hydrogen-bond donors (Lipinski definition) is 0. The van der Waals surface area contributed by atoms with Gasteiger partial charge in [0, 0.05) is 25.2 Å². The molecule has 0 unspecified atom stereocenters. The molecule has 0 fully saturated rings. The highest BCUT2D eigenvalue weighted by Crippen LogP contribution is 2.25. The number of halogens is 2. The Kier molecular flexibility index (Phi) is 10.0. The van der Waals surface area contributed by atoms with Crippen molar-refractivity contribution in [3.8, 4) is 5.75 Å². The van der Waals surface area contributed by atoms with Crippen LogP contribution in [0.1, 0.15) is 35.5 Å². The number of nitrogens with zero attached hydrogens (tertiary/aromatic N) is 3. The van der Waals surface area contributed by atoms with Gasteiger partial charge in [0.2, 0.25) is 15.0 Å². The zero-order chi connectivity index (χ0) is 27.2. The highest BCUT2D eigenvalue weighted by atomic mass is 35.5. The van der Waals surface area contributed by atoms with Crippen LogP contribution in [0.15, 0.2) is 53.8 Å². The summed E-state index contributed by atoms with van der Waals surface area (Å²) >= 11 is 12.3. The maximum Gasteiger partial charge on any atom is 0.255 e. The summed E-state index contributed by atoms with van der Waals surface area (Å²) in [5, 5.41) is 0.616. The molecule has 0 N–H and O–H groups in total. The minimum absolute atomic E-state index is 0.0392. The number of benzene rings is 2. The van der Waals surface area contributed by atoms with E-state index in [1.54, 1.807) is 53.0 Å². The lowest BCUT2D eigenvalue weighted by molar-refractivity contribution is 0.0675. The monoisotopic (exact) mass is 567 g/mol. The number of amides is 1. The van der Waals surface area contributed by atoms with Crippen LogP contribution in [0.4, 0.5) is 0 Å². The van der Waals surface area contributed by atoms with E-state index < -0.39 is 9.84 Å². The van der Waals surface area contributed by atoms with Crippen molar-refractivity contribution in [2.75, 3.05) is 27.4 Å². The maximum absolute atomic E-state index is 13.5. The average Bonchev–Trinajstić information content (AvgIpc) is 3.23. The highest BCUT2D eigenvalue weighted by molar-refractivity contribution is 7.90. The van der Waals surface area contributed by atoms with Crippen LogP contribution in [-0.4, -0.2) is 56.1 Å². The van der Waals surface area contributed by atoms with Crippen molar-refractivity contribution in [2.45, 2.75) is 37.8 Å². The lowest BCUT2D eigenvalue weighted by Gasteiger charge is -2.24. The van der Waals surface area contributed by atoms with Crippen LogP contribution in [0.25, 0.3) is 0 Å². The normalized spacial score (nSPS) is 11.6. The number of imidazole rings is 1. The number of sulfone groups is 1. The largest absolute Gasteiger partial charge is 0.497 e. The van der Waals surface area contributed by atoms with E-state index in [9.17, 15) is 13.2 Å². The molecule has 1 amide bonds. The fourth-order valence-electron chi connectivity index (χ4n) is 3.86. The summed E-state index contributed by atoms with van der Waals surface area (Å²) in [5.41, 5.74) is 1.48. The molecule has 200 valence electrons. The molecule has 0 aliphatic carbocycles. The zero-order valence-corrected chi connectivity index (χ0v) is 23.6. The van der Waals surface area contributed by atoms with Gasteiger partial charge >= 0.3 is 0 Å². The number of carbonyl (C=O) groups is 1. The minimum atomic E-state index is -3.80. The van der Waals surface area contributed by atoms with E-state index in [1.807, 2.05) is 13.8 Å². The Labute approximate surface area is 228 Å². The quantitative estimate of drug-likeness (QED) is 0.302. The SMILES string of the molecule is COCCN(Cc1cnc(S(=O)(=O)Cc2cccc(OC)c2)n1CC(C)C)C(=O)c1ccc(Cl)cc1Cl. The van der Waals surface area contributed by atoms with Crippen molar-refractivity contribution in [2.24, 2.45) is 5.92 Å². The first-order valence-electron chi connectivity index (χ1n) is 11.7. The molecule has 8 nitrogen and oxygen atoms in total. The molecule has 1 heterocycles. The molecule has 0 aliphatic rings. The molecule has 0 atom stereocenters. The Balaban J connectivity index is 1.97. The zero-order valence-electron chi connectivity index (χ0n) is 21.3. The summed E-state index contributed by atoms with van der Waals surface area (Å²) in [4.78, 5) is 19.3. The molecule has 2 aromatic carbocycles. The number of ether oxygens (including phenoxy) is 2. The fraction of sp³-hybridized carbons (Fsp3) is 0.385. The Morgan fingerprint density at radius 1 is 1.14 bits per heavy atom. The molecule has 0 saturated carbocycles. The third-order valence-corrected chi connectivity index (χ3v) is 7.73. The third kappa shape index (κ3) is 7.47. The molecule has 0 saturated heterocycles.